The number of carbonyl (C=O) groups is 3. The Morgan fingerprint density at radius 3 is 2.43 bits per heavy atom. The molecule has 154 valence electrons. The van der Waals surface area contributed by atoms with Crippen molar-refractivity contribution in [2.45, 2.75) is 45.8 Å². The molecule has 1 fully saturated rings. The molecule has 0 N–H and O–H groups in total. The van der Waals surface area contributed by atoms with Crippen LogP contribution in [0.25, 0.3) is 0 Å². The Hall–Kier alpha value is -2.25. The SMILES string of the molecule is CC(C)(C)OC(=O)N1CC(CCOCCOCc2ccccc2)C(=O)CC1=O. The van der Waals surface area contributed by atoms with Gasteiger partial charge in [0.05, 0.1) is 26.2 Å². The summed E-state index contributed by atoms with van der Waals surface area (Å²) in [5.41, 5.74) is 0.402. The van der Waals surface area contributed by atoms with E-state index in [-0.39, 0.29) is 18.7 Å². The van der Waals surface area contributed by atoms with Gasteiger partial charge in [0, 0.05) is 19.1 Å². The molecular formula is C21H29NO6. The maximum atomic E-state index is 12.2. The van der Waals surface area contributed by atoms with Crippen molar-refractivity contribution in [2.75, 3.05) is 26.4 Å². The van der Waals surface area contributed by atoms with Crippen molar-refractivity contribution in [2.24, 2.45) is 5.92 Å². The first-order chi connectivity index (χ1) is 13.3. The number of benzene rings is 1. The van der Waals surface area contributed by atoms with Crippen molar-refractivity contribution in [1.29, 1.82) is 0 Å². The largest absolute Gasteiger partial charge is 0.443 e. The number of amides is 2. The van der Waals surface area contributed by atoms with Crippen LogP contribution in [0, 0.1) is 5.92 Å². The molecule has 7 heteroatoms. The van der Waals surface area contributed by atoms with E-state index in [1.165, 1.54) is 0 Å². The van der Waals surface area contributed by atoms with Crippen LogP contribution in [0.15, 0.2) is 30.3 Å². The highest BCUT2D eigenvalue weighted by molar-refractivity contribution is 6.06. The molecule has 2 rings (SSSR count). The number of rotatable bonds is 8. The quantitative estimate of drug-likeness (QED) is 0.501. The molecule has 1 aliphatic rings. The minimum absolute atomic E-state index is 0.0421. The zero-order chi connectivity index (χ0) is 20.6. The van der Waals surface area contributed by atoms with Gasteiger partial charge in [0.15, 0.2) is 0 Å². The summed E-state index contributed by atoms with van der Waals surface area (Å²) in [7, 11) is 0. The first-order valence-corrected chi connectivity index (χ1v) is 9.52. The van der Waals surface area contributed by atoms with E-state index in [1.807, 2.05) is 30.3 Å². The normalized spacial score (nSPS) is 17.7. The van der Waals surface area contributed by atoms with Crippen LogP contribution in [-0.2, 0) is 30.4 Å². The van der Waals surface area contributed by atoms with Crippen molar-refractivity contribution in [3.8, 4) is 0 Å². The summed E-state index contributed by atoms with van der Waals surface area (Å²) in [5, 5.41) is 0. The lowest BCUT2D eigenvalue weighted by molar-refractivity contribution is -0.142. The predicted octanol–water partition coefficient (Wildman–Crippen LogP) is 2.96. The number of Topliss-reactive ketones (excluding diaryl/α,β-unsaturated/α-hetero) is 1. The fourth-order valence-corrected chi connectivity index (χ4v) is 2.77. The molecule has 7 nitrogen and oxygen atoms in total. The Kier molecular flexibility index (Phi) is 8.14. The maximum absolute atomic E-state index is 12.2. The highest BCUT2D eigenvalue weighted by atomic mass is 16.6. The Morgan fingerprint density at radius 1 is 1.07 bits per heavy atom. The van der Waals surface area contributed by atoms with Crippen LogP contribution in [0.1, 0.15) is 39.2 Å². The van der Waals surface area contributed by atoms with Gasteiger partial charge in [-0.05, 0) is 32.8 Å². The molecule has 2 amide bonds. The van der Waals surface area contributed by atoms with Crippen LogP contribution in [0.4, 0.5) is 4.79 Å². The average Bonchev–Trinajstić information content (AvgIpc) is 2.61. The fourth-order valence-electron chi connectivity index (χ4n) is 2.77. The number of ether oxygens (including phenoxy) is 3. The van der Waals surface area contributed by atoms with Gasteiger partial charge in [0.25, 0.3) is 0 Å². The molecule has 0 bridgehead atoms. The lowest BCUT2D eigenvalue weighted by Crippen LogP contribution is -2.49. The molecule has 1 saturated heterocycles. The van der Waals surface area contributed by atoms with Crippen LogP contribution in [0.3, 0.4) is 0 Å². The van der Waals surface area contributed by atoms with Gasteiger partial charge in [-0.25, -0.2) is 9.69 Å². The van der Waals surface area contributed by atoms with E-state index < -0.39 is 23.5 Å². The molecule has 0 aliphatic carbocycles. The van der Waals surface area contributed by atoms with Gasteiger partial charge in [-0.15, -0.1) is 0 Å². The molecule has 1 atom stereocenters. The van der Waals surface area contributed by atoms with Crippen molar-refractivity contribution >= 4 is 17.8 Å². The van der Waals surface area contributed by atoms with Gasteiger partial charge in [-0.1, -0.05) is 30.3 Å². The van der Waals surface area contributed by atoms with Crippen LogP contribution in [0.2, 0.25) is 0 Å². The number of piperidine rings is 1. The molecule has 0 spiro atoms. The van der Waals surface area contributed by atoms with E-state index in [2.05, 4.69) is 0 Å². The van der Waals surface area contributed by atoms with Gasteiger partial charge in [0.2, 0.25) is 5.91 Å². The Bertz CT molecular complexity index is 667. The first-order valence-electron chi connectivity index (χ1n) is 9.52. The molecule has 28 heavy (non-hydrogen) atoms. The van der Waals surface area contributed by atoms with Gasteiger partial charge in [0.1, 0.15) is 11.4 Å². The van der Waals surface area contributed by atoms with E-state index >= 15 is 0 Å². The summed E-state index contributed by atoms with van der Waals surface area (Å²) in [6, 6.07) is 9.86. The number of hydrogen-bond donors (Lipinski definition) is 0. The number of ketones is 1. The molecule has 1 heterocycles. The standard InChI is InChI=1S/C21H29NO6/c1-21(2,3)28-20(25)22-14-17(18(23)13-19(22)24)9-10-26-11-12-27-15-16-7-5-4-6-8-16/h4-8,17H,9-15H2,1-3H3. The number of nitrogens with zero attached hydrogens (tertiary/aromatic N) is 1. The third-order valence-corrected chi connectivity index (χ3v) is 4.19. The van der Waals surface area contributed by atoms with E-state index in [9.17, 15) is 14.4 Å². The smallest absolute Gasteiger partial charge is 0.417 e. The number of hydrogen-bond acceptors (Lipinski definition) is 6. The van der Waals surface area contributed by atoms with Gasteiger partial charge in [-0.2, -0.15) is 0 Å². The summed E-state index contributed by atoms with van der Waals surface area (Å²) >= 11 is 0. The molecule has 0 radical (unpaired) electrons. The molecule has 1 aromatic rings. The van der Waals surface area contributed by atoms with Crippen LogP contribution in [0.5, 0.6) is 0 Å². The maximum Gasteiger partial charge on any atom is 0.417 e. The van der Waals surface area contributed by atoms with Gasteiger partial charge < -0.3 is 14.2 Å². The van der Waals surface area contributed by atoms with E-state index in [1.54, 1.807) is 20.8 Å². The van der Waals surface area contributed by atoms with E-state index in [4.69, 9.17) is 14.2 Å². The minimum atomic E-state index is -0.703. The Morgan fingerprint density at radius 2 is 1.75 bits per heavy atom. The Balaban J connectivity index is 1.67. The molecule has 0 saturated carbocycles. The third-order valence-electron chi connectivity index (χ3n) is 4.19. The van der Waals surface area contributed by atoms with E-state index in [0.717, 1.165) is 10.5 Å². The molecule has 0 aromatic heterocycles. The second-order valence-corrected chi connectivity index (χ2v) is 7.76. The van der Waals surface area contributed by atoms with Crippen LogP contribution in [-0.4, -0.2) is 54.7 Å². The lowest BCUT2D eigenvalue weighted by atomic mass is 9.93. The summed E-state index contributed by atoms with van der Waals surface area (Å²) in [5.74, 6) is -1.09. The average molecular weight is 391 g/mol. The first kappa shape index (κ1) is 22.0. The highest BCUT2D eigenvalue weighted by Gasteiger charge is 2.37. The topological polar surface area (TPSA) is 82.1 Å². The molecular weight excluding hydrogens is 362 g/mol. The van der Waals surface area contributed by atoms with Crippen molar-refractivity contribution in [3.05, 3.63) is 35.9 Å². The van der Waals surface area contributed by atoms with Crippen LogP contribution >= 0.6 is 0 Å². The predicted molar refractivity (Wildman–Crippen MR) is 103 cm³/mol. The second kappa shape index (κ2) is 10.3. The van der Waals surface area contributed by atoms with Gasteiger partial charge >= 0.3 is 6.09 Å². The zero-order valence-corrected chi connectivity index (χ0v) is 16.8. The third kappa shape index (κ3) is 7.40. The highest BCUT2D eigenvalue weighted by Crippen LogP contribution is 2.20. The van der Waals surface area contributed by atoms with Crippen molar-refractivity contribution in [1.82, 2.24) is 4.90 Å². The van der Waals surface area contributed by atoms with Crippen LogP contribution < -0.4 is 0 Å². The van der Waals surface area contributed by atoms with Gasteiger partial charge in [-0.3, -0.25) is 9.59 Å². The van der Waals surface area contributed by atoms with Crippen molar-refractivity contribution in [3.63, 3.8) is 0 Å². The minimum Gasteiger partial charge on any atom is -0.443 e. The molecule has 1 aliphatic heterocycles. The molecule has 1 aromatic carbocycles. The summed E-state index contributed by atoms with van der Waals surface area (Å²) in [6.45, 7) is 7.00. The summed E-state index contributed by atoms with van der Waals surface area (Å²) in [4.78, 5) is 37.3. The molecule has 1 unspecified atom stereocenters. The number of likely N-dealkylation sites (tertiary alicyclic amines) is 1. The summed E-state index contributed by atoms with van der Waals surface area (Å²) < 4.78 is 16.3. The van der Waals surface area contributed by atoms with Crippen molar-refractivity contribution < 1.29 is 28.6 Å². The monoisotopic (exact) mass is 391 g/mol. The zero-order valence-electron chi connectivity index (χ0n) is 16.8. The second-order valence-electron chi connectivity index (χ2n) is 7.76. The Labute approximate surface area is 165 Å². The fraction of sp³-hybridized carbons (Fsp3) is 0.571. The summed E-state index contributed by atoms with van der Waals surface area (Å²) in [6.07, 6.45) is -0.529. The lowest BCUT2D eigenvalue weighted by Gasteiger charge is -2.31. The number of carbonyl (C=O) groups excluding carboxylic acids is 3. The van der Waals surface area contributed by atoms with E-state index in [0.29, 0.717) is 32.8 Å². The number of imide groups is 1.